The van der Waals surface area contributed by atoms with Crippen molar-refractivity contribution in [3.8, 4) is 0 Å². The number of nitrogens with one attached hydrogen (secondary N) is 2. The van der Waals surface area contributed by atoms with E-state index in [1.165, 1.54) is 10.7 Å². The highest BCUT2D eigenvalue weighted by molar-refractivity contribution is 7.89. The Balaban J connectivity index is 1.23. The summed E-state index contributed by atoms with van der Waals surface area (Å²) in [5.41, 5.74) is 0.495. The second-order valence-electron chi connectivity index (χ2n) is 9.58. The molecular formula is C24H36N4O4S. The van der Waals surface area contributed by atoms with Gasteiger partial charge in [0.25, 0.3) is 0 Å². The summed E-state index contributed by atoms with van der Waals surface area (Å²) >= 11 is 0. The molecule has 2 heterocycles. The molecule has 0 aromatic heterocycles. The lowest BCUT2D eigenvalue weighted by Crippen LogP contribution is -2.48. The van der Waals surface area contributed by atoms with Crippen LogP contribution < -0.4 is 10.6 Å². The van der Waals surface area contributed by atoms with Gasteiger partial charge in [-0.1, -0.05) is 25.3 Å². The number of carbonyl (C=O) groups excluding carboxylic acids is 2. The second kappa shape index (κ2) is 11.0. The highest BCUT2D eigenvalue weighted by atomic mass is 32.2. The summed E-state index contributed by atoms with van der Waals surface area (Å²) in [5.74, 6) is 0.220. The highest BCUT2D eigenvalue weighted by Gasteiger charge is 2.28. The van der Waals surface area contributed by atoms with E-state index in [2.05, 4.69) is 15.5 Å². The zero-order chi connectivity index (χ0) is 23.3. The number of likely N-dealkylation sites (tertiary alicyclic amines) is 1. The van der Waals surface area contributed by atoms with E-state index in [-0.39, 0.29) is 35.2 Å². The molecule has 1 aromatic carbocycles. The summed E-state index contributed by atoms with van der Waals surface area (Å²) < 4.78 is 27.1. The van der Waals surface area contributed by atoms with E-state index in [9.17, 15) is 18.0 Å². The molecule has 1 aliphatic carbocycles. The number of nitrogens with zero attached hydrogens (tertiary/aromatic N) is 2. The molecule has 0 bridgehead atoms. The van der Waals surface area contributed by atoms with Crippen molar-refractivity contribution < 1.29 is 18.0 Å². The Labute approximate surface area is 197 Å². The predicted octanol–water partition coefficient (Wildman–Crippen LogP) is 2.57. The molecule has 1 aromatic rings. The first kappa shape index (κ1) is 24.2. The van der Waals surface area contributed by atoms with Crippen molar-refractivity contribution in [3.05, 3.63) is 24.3 Å². The summed E-state index contributed by atoms with van der Waals surface area (Å²) in [6.45, 7) is 2.87. The summed E-state index contributed by atoms with van der Waals surface area (Å²) in [7, 11) is -3.51. The number of anilines is 1. The minimum absolute atomic E-state index is 0.157. The fourth-order valence-corrected chi connectivity index (χ4v) is 6.70. The van der Waals surface area contributed by atoms with E-state index in [1.54, 1.807) is 24.3 Å². The lowest BCUT2D eigenvalue weighted by atomic mass is 9.88. The van der Waals surface area contributed by atoms with Gasteiger partial charge in [0, 0.05) is 43.8 Å². The van der Waals surface area contributed by atoms with Crippen molar-refractivity contribution in [1.29, 1.82) is 0 Å². The summed E-state index contributed by atoms with van der Waals surface area (Å²) in [6.07, 6.45) is 9.01. The second-order valence-corrected chi connectivity index (χ2v) is 11.5. The monoisotopic (exact) mass is 476 g/mol. The van der Waals surface area contributed by atoms with Gasteiger partial charge in [-0.25, -0.2) is 8.42 Å². The molecule has 3 fully saturated rings. The van der Waals surface area contributed by atoms with E-state index in [4.69, 9.17) is 0 Å². The van der Waals surface area contributed by atoms with Crippen molar-refractivity contribution in [2.75, 3.05) is 38.0 Å². The van der Waals surface area contributed by atoms with Crippen LogP contribution in [0.3, 0.4) is 0 Å². The third kappa shape index (κ3) is 6.33. The van der Waals surface area contributed by atoms with Crippen LogP contribution in [0, 0.1) is 5.92 Å². The average Bonchev–Trinajstić information content (AvgIpc) is 3.37. The van der Waals surface area contributed by atoms with Gasteiger partial charge in [-0.2, -0.15) is 4.31 Å². The maximum absolute atomic E-state index is 12.8. The molecule has 2 aliphatic heterocycles. The molecule has 182 valence electrons. The summed E-state index contributed by atoms with van der Waals surface area (Å²) in [6, 6.07) is 6.69. The largest absolute Gasteiger partial charge is 0.353 e. The van der Waals surface area contributed by atoms with E-state index < -0.39 is 10.0 Å². The zero-order valence-electron chi connectivity index (χ0n) is 19.3. The molecule has 4 rings (SSSR count). The number of amides is 2. The fourth-order valence-electron chi connectivity index (χ4n) is 5.13. The molecule has 0 radical (unpaired) electrons. The number of hydrogen-bond acceptors (Lipinski definition) is 5. The quantitative estimate of drug-likeness (QED) is 0.630. The van der Waals surface area contributed by atoms with Crippen molar-refractivity contribution in [2.45, 2.75) is 68.7 Å². The van der Waals surface area contributed by atoms with E-state index in [0.717, 1.165) is 64.5 Å². The molecule has 0 unspecified atom stereocenters. The summed E-state index contributed by atoms with van der Waals surface area (Å²) in [5, 5.41) is 6.06. The van der Waals surface area contributed by atoms with E-state index in [1.807, 2.05) is 0 Å². The smallest absolute Gasteiger partial charge is 0.243 e. The zero-order valence-corrected chi connectivity index (χ0v) is 20.1. The van der Waals surface area contributed by atoms with Crippen molar-refractivity contribution in [1.82, 2.24) is 14.5 Å². The molecular weight excluding hydrogens is 440 g/mol. The number of rotatable bonds is 7. The highest BCUT2D eigenvalue weighted by Crippen LogP contribution is 2.25. The maximum Gasteiger partial charge on any atom is 0.243 e. The number of carbonyl (C=O) groups is 2. The molecule has 0 atom stereocenters. The van der Waals surface area contributed by atoms with Gasteiger partial charge in [0.1, 0.15) is 0 Å². The van der Waals surface area contributed by atoms with Crippen LogP contribution in [0.15, 0.2) is 29.2 Å². The molecule has 9 heteroatoms. The van der Waals surface area contributed by atoms with Gasteiger partial charge >= 0.3 is 0 Å². The minimum Gasteiger partial charge on any atom is -0.353 e. The molecule has 2 amide bonds. The Kier molecular flexibility index (Phi) is 8.03. The molecule has 2 N–H and O–H groups in total. The standard InChI is InChI=1S/C24H36N4O4S/c29-23(25-21-9-6-10-22(17-21)33(31,32)28-13-4-5-14-28)18-27-15-11-20(12-16-27)26-24(30)19-7-2-1-3-8-19/h6,9-10,17,19-20H,1-5,7-8,11-16,18H2,(H,25,29)(H,26,30). The van der Waals surface area contributed by atoms with Crippen LogP contribution in [0.1, 0.15) is 57.8 Å². The molecule has 0 spiro atoms. The normalized spacial score (nSPS) is 21.7. The van der Waals surface area contributed by atoms with Gasteiger partial charge in [-0.3, -0.25) is 14.5 Å². The van der Waals surface area contributed by atoms with Crippen LogP contribution in [0.2, 0.25) is 0 Å². The average molecular weight is 477 g/mol. The Morgan fingerprint density at radius 1 is 0.909 bits per heavy atom. The van der Waals surface area contributed by atoms with Crippen molar-refractivity contribution in [3.63, 3.8) is 0 Å². The first-order valence-corrected chi connectivity index (χ1v) is 13.8. The van der Waals surface area contributed by atoms with Gasteiger partial charge in [0.2, 0.25) is 21.8 Å². The minimum atomic E-state index is -3.51. The third-order valence-electron chi connectivity index (χ3n) is 7.10. The topological polar surface area (TPSA) is 98.8 Å². The van der Waals surface area contributed by atoms with E-state index in [0.29, 0.717) is 18.8 Å². The number of piperidine rings is 1. The van der Waals surface area contributed by atoms with Crippen LogP contribution in [-0.2, 0) is 19.6 Å². The van der Waals surface area contributed by atoms with E-state index >= 15 is 0 Å². The van der Waals surface area contributed by atoms with Gasteiger partial charge in [0.15, 0.2) is 0 Å². The maximum atomic E-state index is 12.8. The predicted molar refractivity (Wildman–Crippen MR) is 127 cm³/mol. The summed E-state index contributed by atoms with van der Waals surface area (Å²) in [4.78, 5) is 27.4. The Bertz CT molecular complexity index is 932. The lowest BCUT2D eigenvalue weighted by molar-refractivity contribution is -0.127. The Morgan fingerprint density at radius 2 is 1.61 bits per heavy atom. The molecule has 8 nitrogen and oxygen atoms in total. The molecule has 3 aliphatic rings. The number of hydrogen-bond donors (Lipinski definition) is 2. The van der Waals surface area contributed by atoms with Gasteiger partial charge < -0.3 is 10.6 Å². The third-order valence-corrected chi connectivity index (χ3v) is 8.99. The number of sulfonamides is 1. The Morgan fingerprint density at radius 3 is 2.30 bits per heavy atom. The van der Waals surface area contributed by atoms with Crippen LogP contribution in [0.4, 0.5) is 5.69 Å². The first-order chi connectivity index (χ1) is 15.9. The van der Waals surface area contributed by atoms with Crippen molar-refractivity contribution >= 4 is 27.5 Å². The van der Waals surface area contributed by atoms with Crippen LogP contribution in [0.25, 0.3) is 0 Å². The molecule has 1 saturated carbocycles. The SMILES string of the molecule is O=C(CN1CCC(NC(=O)C2CCCCC2)CC1)Nc1cccc(S(=O)(=O)N2CCCC2)c1. The fraction of sp³-hybridized carbons (Fsp3) is 0.667. The van der Waals surface area contributed by atoms with Crippen LogP contribution in [0.5, 0.6) is 0 Å². The molecule has 2 saturated heterocycles. The Hall–Kier alpha value is -1.97. The first-order valence-electron chi connectivity index (χ1n) is 12.3. The lowest BCUT2D eigenvalue weighted by Gasteiger charge is -2.33. The van der Waals surface area contributed by atoms with Gasteiger partial charge in [-0.05, 0) is 56.7 Å². The number of benzene rings is 1. The van der Waals surface area contributed by atoms with Crippen molar-refractivity contribution in [2.24, 2.45) is 5.92 Å². The van der Waals surface area contributed by atoms with Gasteiger partial charge in [0.05, 0.1) is 11.4 Å². The van der Waals surface area contributed by atoms with Crippen LogP contribution in [-0.4, -0.2) is 68.2 Å². The van der Waals surface area contributed by atoms with Gasteiger partial charge in [-0.15, -0.1) is 0 Å². The molecule has 33 heavy (non-hydrogen) atoms. The van der Waals surface area contributed by atoms with Crippen LogP contribution >= 0.6 is 0 Å².